The van der Waals surface area contributed by atoms with Gasteiger partial charge in [-0.05, 0) is 41.4 Å². The summed E-state index contributed by atoms with van der Waals surface area (Å²) in [5.41, 5.74) is 0.858. The Bertz CT molecular complexity index is 194. The van der Waals surface area contributed by atoms with E-state index in [0.29, 0.717) is 0 Å². The van der Waals surface area contributed by atoms with E-state index in [0.717, 1.165) is 23.2 Å². The highest BCUT2D eigenvalue weighted by Gasteiger charge is 2.77. The summed E-state index contributed by atoms with van der Waals surface area (Å²) in [5.74, 6) is 5.59. The molecule has 0 spiro atoms. The molecule has 3 aliphatic carbocycles. The lowest BCUT2D eigenvalue weighted by atomic mass is 9.44. The van der Waals surface area contributed by atoms with E-state index in [1.165, 1.54) is 11.8 Å². The monoisotopic (exact) mass is 136 g/mol. The molecule has 3 saturated carbocycles. The molecule has 6 unspecified atom stereocenters. The minimum Gasteiger partial charge on any atom is -0.0620 e. The lowest BCUT2D eigenvalue weighted by Gasteiger charge is -2.61. The summed E-state index contributed by atoms with van der Waals surface area (Å²) >= 11 is 0. The first kappa shape index (κ1) is 5.62. The van der Waals surface area contributed by atoms with Gasteiger partial charge in [-0.1, -0.05) is 20.8 Å². The van der Waals surface area contributed by atoms with Gasteiger partial charge < -0.3 is 0 Å². The van der Waals surface area contributed by atoms with Gasteiger partial charge in [-0.2, -0.15) is 0 Å². The van der Waals surface area contributed by atoms with Gasteiger partial charge in [0.25, 0.3) is 0 Å². The average Bonchev–Trinajstić information content (AvgIpc) is 2.42. The van der Waals surface area contributed by atoms with Crippen LogP contribution in [0.5, 0.6) is 0 Å². The van der Waals surface area contributed by atoms with E-state index in [9.17, 15) is 0 Å². The second kappa shape index (κ2) is 1.19. The minimum absolute atomic E-state index is 0.858. The summed E-state index contributed by atoms with van der Waals surface area (Å²) in [4.78, 5) is 0. The predicted octanol–water partition coefficient (Wildman–Crippen LogP) is 2.54. The van der Waals surface area contributed by atoms with Gasteiger partial charge in [0.2, 0.25) is 0 Å². The van der Waals surface area contributed by atoms with E-state index in [-0.39, 0.29) is 0 Å². The van der Waals surface area contributed by atoms with E-state index in [2.05, 4.69) is 20.8 Å². The van der Waals surface area contributed by atoms with Crippen molar-refractivity contribution in [3.05, 3.63) is 0 Å². The van der Waals surface area contributed by atoms with Crippen molar-refractivity contribution in [3.63, 3.8) is 0 Å². The first-order valence-corrected chi connectivity index (χ1v) is 4.66. The molecule has 0 saturated heterocycles. The molecular weight excluding hydrogens is 120 g/mol. The summed E-state index contributed by atoms with van der Waals surface area (Å²) in [5, 5.41) is 0. The molecule has 56 valence electrons. The number of hydrogen-bond acceptors (Lipinski definition) is 0. The number of rotatable bonds is 0. The van der Waals surface area contributed by atoms with Crippen LogP contribution in [0.2, 0.25) is 0 Å². The maximum Gasteiger partial charge on any atom is -0.0258 e. The van der Waals surface area contributed by atoms with Gasteiger partial charge in [0, 0.05) is 0 Å². The third-order valence-electron chi connectivity index (χ3n) is 4.99. The lowest BCUT2D eigenvalue weighted by molar-refractivity contribution is -0.136. The highest BCUT2D eigenvalue weighted by Crippen LogP contribution is 2.83. The standard InChI is InChI=1S/C10H16/c1-5-6(2)9-8(5)7-4-10(7,9)3/h5-9H,4H2,1-3H3. The molecular formula is C10H16. The Labute approximate surface area is 63.0 Å². The quantitative estimate of drug-likeness (QED) is 0.480. The largest absolute Gasteiger partial charge is 0.0620 e. The van der Waals surface area contributed by atoms with Crippen molar-refractivity contribution in [3.8, 4) is 0 Å². The summed E-state index contributed by atoms with van der Waals surface area (Å²) in [6.45, 7) is 7.40. The highest BCUT2D eigenvalue weighted by molar-refractivity contribution is 5.25. The van der Waals surface area contributed by atoms with Crippen molar-refractivity contribution in [1.82, 2.24) is 0 Å². The summed E-state index contributed by atoms with van der Waals surface area (Å²) in [7, 11) is 0. The number of fused-ring (bicyclic) bond motifs is 4. The average molecular weight is 136 g/mol. The van der Waals surface area contributed by atoms with Crippen molar-refractivity contribution >= 4 is 0 Å². The Balaban J connectivity index is 1.90. The molecule has 3 rings (SSSR count). The molecule has 10 heavy (non-hydrogen) atoms. The van der Waals surface area contributed by atoms with Crippen LogP contribution >= 0.6 is 0 Å². The summed E-state index contributed by atoms with van der Waals surface area (Å²) < 4.78 is 0. The van der Waals surface area contributed by atoms with Crippen molar-refractivity contribution in [2.45, 2.75) is 27.2 Å². The zero-order valence-electron chi connectivity index (χ0n) is 7.09. The van der Waals surface area contributed by atoms with E-state index >= 15 is 0 Å². The van der Waals surface area contributed by atoms with E-state index < -0.39 is 0 Å². The topological polar surface area (TPSA) is 0 Å². The normalized spacial score (nSPS) is 76.5. The van der Waals surface area contributed by atoms with Crippen LogP contribution in [-0.2, 0) is 0 Å². The fraction of sp³-hybridized carbons (Fsp3) is 1.00. The third kappa shape index (κ3) is 0.320. The van der Waals surface area contributed by atoms with Gasteiger partial charge in [0.1, 0.15) is 0 Å². The van der Waals surface area contributed by atoms with Crippen LogP contribution in [0.4, 0.5) is 0 Å². The van der Waals surface area contributed by atoms with Crippen molar-refractivity contribution < 1.29 is 0 Å². The zero-order valence-corrected chi connectivity index (χ0v) is 7.09. The molecule has 0 bridgehead atoms. The van der Waals surface area contributed by atoms with E-state index in [4.69, 9.17) is 0 Å². The van der Waals surface area contributed by atoms with Gasteiger partial charge in [-0.25, -0.2) is 0 Å². The van der Waals surface area contributed by atoms with Crippen LogP contribution < -0.4 is 0 Å². The maximum atomic E-state index is 2.50. The molecule has 0 aromatic heterocycles. The Morgan fingerprint density at radius 1 is 1.20 bits per heavy atom. The maximum absolute atomic E-state index is 2.50. The lowest BCUT2D eigenvalue weighted by Crippen LogP contribution is -2.56. The van der Waals surface area contributed by atoms with Crippen LogP contribution in [0.25, 0.3) is 0 Å². The molecule has 3 fully saturated rings. The molecule has 0 aliphatic heterocycles. The second-order valence-electron chi connectivity index (χ2n) is 5.14. The van der Waals surface area contributed by atoms with Crippen LogP contribution in [0.3, 0.4) is 0 Å². The molecule has 6 atom stereocenters. The smallest absolute Gasteiger partial charge is 0.0258 e. The molecule has 0 N–H and O–H groups in total. The minimum atomic E-state index is 0.858. The fourth-order valence-corrected chi connectivity index (χ4v) is 4.12. The molecule has 0 heteroatoms. The molecule has 0 amide bonds. The molecule has 0 radical (unpaired) electrons. The number of hydrogen-bond donors (Lipinski definition) is 0. The van der Waals surface area contributed by atoms with Gasteiger partial charge in [0.05, 0.1) is 0 Å². The molecule has 0 aromatic carbocycles. The Morgan fingerprint density at radius 3 is 2.50 bits per heavy atom. The van der Waals surface area contributed by atoms with Gasteiger partial charge >= 0.3 is 0 Å². The zero-order chi connectivity index (χ0) is 7.09. The van der Waals surface area contributed by atoms with Gasteiger partial charge in [-0.15, -0.1) is 0 Å². The SMILES string of the molecule is CC1C(C)C2C1C1CC12C. The Kier molecular flexibility index (Phi) is 0.669. The van der Waals surface area contributed by atoms with Crippen LogP contribution in [0.1, 0.15) is 27.2 Å². The first-order chi connectivity index (χ1) is 4.66. The Hall–Kier alpha value is 0. The summed E-state index contributed by atoms with van der Waals surface area (Å²) in [6, 6.07) is 0. The van der Waals surface area contributed by atoms with Gasteiger partial charge in [0.15, 0.2) is 0 Å². The predicted molar refractivity (Wildman–Crippen MR) is 41.5 cm³/mol. The third-order valence-corrected chi connectivity index (χ3v) is 4.99. The first-order valence-electron chi connectivity index (χ1n) is 4.66. The van der Waals surface area contributed by atoms with Crippen LogP contribution in [0, 0.1) is 35.0 Å². The highest BCUT2D eigenvalue weighted by atomic mass is 14.8. The molecule has 0 heterocycles. The Morgan fingerprint density at radius 2 is 1.90 bits per heavy atom. The molecule has 3 aliphatic rings. The van der Waals surface area contributed by atoms with E-state index in [1.807, 2.05) is 0 Å². The van der Waals surface area contributed by atoms with Crippen molar-refractivity contribution in [2.75, 3.05) is 0 Å². The second-order valence-corrected chi connectivity index (χ2v) is 5.14. The van der Waals surface area contributed by atoms with Crippen molar-refractivity contribution in [1.29, 1.82) is 0 Å². The van der Waals surface area contributed by atoms with Crippen LogP contribution in [0.15, 0.2) is 0 Å². The molecule has 0 nitrogen and oxygen atoms in total. The van der Waals surface area contributed by atoms with Crippen molar-refractivity contribution in [2.24, 2.45) is 35.0 Å². The fourth-order valence-electron chi connectivity index (χ4n) is 4.12. The van der Waals surface area contributed by atoms with Gasteiger partial charge in [-0.3, -0.25) is 0 Å². The van der Waals surface area contributed by atoms with Crippen LogP contribution in [-0.4, -0.2) is 0 Å². The molecule has 0 aromatic rings. The summed E-state index contributed by atoms with van der Waals surface area (Å²) in [6.07, 6.45) is 1.57. The van der Waals surface area contributed by atoms with E-state index in [1.54, 1.807) is 6.42 Å².